The van der Waals surface area contributed by atoms with Gasteiger partial charge in [-0.25, -0.2) is 0 Å². The van der Waals surface area contributed by atoms with Crippen molar-refractivity contribution < 1.29 is 0 Å². The van der Waals surface area contributed by atoms with Gasteiger partial charge in [0.2, 0.25) is 0 Å². The van der Waals surface area contributed by atoms with Crippen LogP contribution in [-0.4, -0.2) is 10.9 Å². The molecule has 1 heterocycles. The number of rotatable bonds is 1. The van der Waals surface area contributed by atoms with Gasteiger partial charge < -0.3 is 4.90 Å². The second kappa shape index (κ2) is 3.20. The molecular formula is C11H17N. The van der Waals surface area contributed by atoms with E-state index in [2.05, 4.69) is 44.6 Å². The minimum Gasteiger partial charge on any atom is -0.340 e. The number of hydrogen-bond acceptors (Lipinski definition) is 1. The first-order chi connectivity index (χ1) is 5.57. The standard InChI is InChI=1S/C11H17N/c1-6-11-9(4)7-10(5)12(11)8(2)3/h8-9H,1,5,7H2,2-4H3. The summed E-state index contributed by atoms with van der Waals surface area (Å²) in [4.78, 5) is 2.23. The smallest absolute Gasteiger partial charge is 0.0634 e. The molecule has 1 unspecified atom stereocenters. The highest BCUT2D eigenvalue weighted by molar-refractivity contribution is 5.21. The summed E-state index contributed by atoms with van der Waals surface area (Å²) in [6.07, 6.45) is 1.05. The predicted molar refractivity (Wildman–Crippen MR) is 52.5 cm³/mol. The summed E-state index contributed by atoms with van der Waals surface area (Å²) in [6.45, 7) is 14.3. The van der Waals surface area contributed by atoms with Gasteiger partial charge in [-0.15, -0.1) is 5.73 Å². The Hall–Kier alpha value is -0.940. The summed E-state index contributed by atoms with van der Waals surface area (Å²) in [7, 11) is 0. The van der Waals surface area contributed by atoms with Gasteiger partial charge in [-0.1, -0.05) is 20.1 Å². The molecule has 1 heteroatoms. The molecule has 1 rings (SSSR count). The van der Waals surface area contributed by atoms with E-state index in [9.17, 15) is 0 Å². The van der Waals surface area contributed by atoms with E-state index in [4.69, 9.17) is 0 Å². The van der Waals surface area contributed by atoms with E-state index in [0.717, 1.165) is 6.42 Å². The summed E-state index contributed by atoms with van der Waals surface area (Å²) < 4.78 is 0. The van der Waals surface area contributed by atoms with E-state index in [1.807, 2.05) is 0 Å². The van der Waals surface area contributed by atoms with Crippen LogP contribution in [0, 0.1) is 5.92 Å². The molecule has 1 fully saturated rings. The van der Waals surface area contributed by atoms with Crippen LogP contribution in [0.25, 0.3) is 0 Å². The number of allylic oxidation sites excluding steroid dienone is 2. The fourth-order valence-corrected chi connectivity index (χ4v) is 1.86. The average Bonchev–Trinajstić information content (AvgIpc) is 2.24. The largest absolute Gasteiger partial charge is 0.340 e. The molecular weight excluding hydrogens is 146 g/mol. The Morgan fingerprint density at radius 1 is 1.58 bits per heavy atom. The van der Waals surface area contributed by atoms with Crippen LogP contribution in [0.3, 0.4) is 0 Å². The van der Waals surface area contributed by atoms with Crippen molar-refractivity contribution in [3.8, 4) is 0 Å². The van der Waals surface area contributed by atoms with Gasteiger partial charge in [0, 0.05) is 17.7 Å². The van der Waals surface area contributed by atoms with Crippen LogP contribution in [0.1, 0.15) is 27.2 Å². The number of likely N-dealkylation sites (tertiary alicyclic amines) is 1. The summed E-state index contributed by atoms with van der Waals surface area (Å²) in [6, 6.07) is 0.478. The predicted octanol–water partition coefficient (Wildman–Crippen LogP) is 2.92. The van der Waals surface area contributed by atoms with Crippen molar-refractivity contribution in [3.05, 3.63) is 30.3 Å². The lowest BCUT2D eigenvalue weighted by Gasteiger charge is -2.25. The van der Waals surface area contributed by atoms with Crippen LogP contribution in [0.5, 0.6) is 0 Å². The summed E-state index contributed by atoms with van der Waals surface area (Å²) in [5, 5.41) is 0. The van der Waals surface area contributed by atoms with Gasteiger partial charge in [0.25, 0.3) is 0 Å². The van der Waals surface area contributed by atoms with Crippen molar-refractivity contribution in [1.82, 2.24) is 4.90 Å². The van der Waals surface area contributed by atoms with Gasteiger partial charge in [0.1, 0.15) is 0 Å². The lowest BCUT2D eigenvalue weighted by molar-refractivity contribution is 0.372. The fourth-order valence-electron chi connectivity index (χ4n) is 1.86. The van der Waals surface area contributed by atoms with Crippen molar-refractivity contribution in [3.63, 3.8) is 0 Å². The molecule has 12 heavy (non-hydrogen) atoms. The van der Waals surface area contributed by atoms with E-state index < -0.39 is 0 Å². The maximum atomic E-state index is 4.04. The maximum Gasteiger partial charge on any atom is 0.0634 e. The molecule has 0 radical (unpaired) electrons. The Balaban J connectivity index is 2.98. The second-order valence-corrected chi connectivity index (χ2v) is 3.70. The van der Waals surface area contributed by atoms with Crippen molar-refractivity contribution in [2.45, 2.75) is 33.2 Å². The first-order valence-electron chi connectivity index (χ1n) is 4.45. The minimum atomic E-state index is 0.478. The van der Waals surface area contributed by atoms with Gasteiger partial charge in [-0.3, -0.25) is 0 Å². The molecule has 0 spiro atoms. The Kier molecular flexibility index (Phi) is 2.44. The Labute approximate surface area is 75.1 Å². The van der Waals surface area contributed by atoms with Crippen LogP contribution in [-0.2, 0) is 0 Å². The van der Waals surface area contributed by atoms with Gasteiger partial charge in [0.05, 0.1) is 5.70 Å². The SMILES string of the molecule is C=C=C1C(C)CC(=C)N1C(C)C. The molecule has 0 aromatic heterocycles. The highest BCUT2D eigenvalue weighted by atomic mass is 15.2. The van der Waals surface area contributed by atoms with Crippen LogP contribution in [0.15, 0.2) is 30.3 Å². The monoisotopic (exact) mass is 163 g/mol. The zero-order chi connectivity index (χ0) is 9.30. The Bertz CT molecular complexity index is 244. The molecule has 0 bridgehead atoms. The number of nitrogens with zero attached hydrogens (tertiary/aromatic N) is 1. The van der Waals surface area contributed by atoms with E-state index in [-0.39, 0.29) is 0 Å². The zero-order valence-electron chi connectivity index (χ0n) is 8.22. The highest BCUT2D eigenvalue weighted by Gasteiger charge is 2.28. The Morgan fingerprint density at radius 2 is 2.17 bits per heavy atom. The summed E-state index contributed by atoms with van der Waals surface area (Å²) >= 11 is 0. The molecule has 0 amide bonds. The van der Waals surface area contributed by atoms with Gasteiger partial charge in [0.15, 0.2) is 0 Å². The second-order valence-electron chi connectivity index (χ2n) is 3.70. The van der Waals surface area contributed by atoms with Crippen LogP contribution in [0.2, 0.25) is 0 Å². The fraction of sp³-hybridized carbons (Fsp3) is 0.545. The third-order valence-electron chi connectivity index (χ3n) is 2.31. The first-order valence-corrected chi connectivity index (χ1v) is 4.45. The van der Waals surface area contributed by atoms with Crippen molar-refractivity contribution in [2.75, 3.05) is 0 Å². The third kappa shape index (κ3) is 1.33. The highest BCUT2D eigenvalue weighted by Crippen LogP contribution is 2.35. The molecule has 0 aliphatic carbocycles. The topological polar surface area (TPSA) is 3.24 Å². The molecule has 0 aromatic rings. The summed E-state index contributed by atoms with van der Waals surface area (Å²) in [5.41, 5.74) is 5.41. The van der Waals surface area contributed by atoms with Crippen molar-refractivity contribution in [1.29, 1.82) is 0 Å². The van der Waals surface area contributed by atoms with Crippen molar-refractivity contribution >= 4 is 0 Å². The molecule has 1 atom stereocenters. The quantitative estimate of drug-likeness (QED) is 0.537. The van der Waals surface area contributed by atoms with E-state index in [1.54, 1.807) is 0 Å². The van der Waals surface area contributed by atoms with E-state index >= 15 is 0 Å². The maximum absolute atomic E-state index is 4.04. The van der Waals surface area contributed by atoms with E-state index in [1.165, 1.54) is 11.4 Å². The lowest BCUT2D eigenvalue weighted by Crippen LogP contribution is -2.24. The van der Waals surface area contributed by atoms with E-state index in [0.29, 0.717) is 12.0 Å². The average molecular weight is 163 g/mol. The van der Waals surface area contributed by atoms with Gasteiger partial charge >= 0.3 is 0 Å². The van der Waals surface area contributed by atoms with Gasteiger partial charge in [-0.2, -0.15) is 0 Å². The minimum absolute atomic E-state index is 0.478. The zero-order valence-corrected chi connectivity index (χ0v) is 8.22. The molecule has 0 aromatic carbocycles. The van der Waals surface area contributed by atoms with Crippen LogP contribution in [0.4, 0.5) is 0 Å². The molecule has 1 aliphatic heterocycles. The van der Waals surface area contributed by atoms with Crippen LogP contribution >= 0.6 is 0 Å². The molecule has 0 N–H and O–H groups in total. The molecule has 0 saturated carbocycles. The van der Waals surface area contributed by atoms with Crippen LogP contribution < -0.4 is 0 Å². The molecule has 66 valence electrons. The molecule has 1 nitrogen and oxygen atoms in total. The molecule has 1 saturated heterocycles. The number of hydrogen-bond donors (Lipinski definition) is 0. The summed E-state index contributed by atoms with van der Waals surface area (Å²) in [5.74, 6) is 0.539. The van der Waals surface area contributed by atoms with Crippen molar-refractivity contribution in [2.24, 2.45) is 5.92 Å². The third-order valence-corrected chi connectivity index (χ3v) is 2.31. The first kappa shape index (κ1) is 9.15. The normalized spacial score (nSPS) is 23.7. The lowest BCUT2D eigenvalue weighted by atomic mass is 10.1. The Morgan fingerprint density at radius 3 is 2.50 bits per heavy atom. The van der Waals surface area contributed by atoms with Gasteiger partial charge in [-0.05, 0) is 20.3 Å². The molecule has 1 aliphatic rings.